The van der Waals surface area contributed by atoms with Gasteiger partial charge >= 0.3 is 0 Å². The minimum absolute atomic E-state index is 0. The Labute approximate surface area is 188 Å². The van der Waals surface area contributed by atoms with Crippen molar-refractivity contribution < 1.29 is 8.78 Å². The van der Waals surface area contributed by atoms with Crippen molar-refractivity contribution in [3.63, 3.8) is 0 Å². The van der Waals surface area contributed by atoms with Crippen LogP contribution < -0.4 is 15.5 Å². The minimum atomic E-state index is -0.426. The first-order valence-electron chi connectivity index (χ1n) is 9.60. The van der Waals surface area contributed by atoms with E-state index in [1.165, 1.54) is 11.8 Å². The summed E-state index contributed by atoms with van der Waals surface area (Å²) < 4.78 is 27.0. The van der Waals surface area contributed by atoms with Crippen LogP contribution in [0.25, 0.3) is 0 Å². The van der Waals surface area contributed by atoms with Gasteiger partial charge in [0, 0.05) is 31.9 Å². The number of nitrogens with one attached hydrogen (secondary N) is 2. The maximum atomic E-state index is 13.7. The first-order chi connectivity index (χ1) is 13.7. The van der Waals surface area contributed by atoms with Gasteiger partial charge in [0.25, 0.3) is 0 Å². The van der Waals surface area contributed by atoms with Crippen LogP contribution >= 0.6 is 24.0 Å². The van der Waals surface area contributed by atoms with Crippen LogP contribution in [0.5, 0.6) is 0 Å². The summed E-state index contributed by atoms with van der Waals surface area (Å²) in [6, 6.07) is 11.9. The Balaban J connectivity index is 0.00000300. The van der Waals surface area contributed by atoms with E-state index in [0.29, 0.717) is 31.0 Å². The van der Waals surface area contributed by atoms with Gasteiger partial charge in [-0.3, -0.25) is 0 Å². The average molecular weight is 512 g/mol. The lowest BCUT2D eigenvalue weighted by atomic mass is 10.1. The average Bonchev–Trinajstić information content (AvgIpc) is 3.24. The number of hydrogen-bond donors (Lipinski definition) is 2. The van der Waals surface area contributed by atoms with E-state index >= 15 is 0 Å². The zero-order valence-electron chi connectivity index (χ0n) is 16.5. The van der Waals surface area contributed by atoms with Crippen molar-refractivity contribution in [2.24, 2.45) is 4.99 Å². The molecule has 2 aromatic rings. The van der Waals surface area contributed by atoms with Crippen molar-refractivity contribution in [1.29, 1.82) is 0 Å². The lowest BCUT2D eigenvalue weighted by molar-refractivity contribution is 0.583. The molecule has 1 aliphatic rings. The Hall–Kier alpha value is -2.16. The molecule has 0 amide bonds. The van der Waals surface area contributed by atoms with E-state index in [4.69, 9.17) is 0 Å². The summed E-state index contributed by atoms with van der Waals surface area (Å²) in [6.07, 6.45) is 4.71. The van der Waals surface area contributed by atoms with Gasteiger partial charge in [-0.2, -0.15) is 0 Å². The summed E-state index contributed by atoms with van der Waals surface area (Å²) >= 11 is 0. The van der Waals surface area contributed by atoms with Gasteiger partial charge < -0.3 is 15.5 Å². The molecule has 0 unspecified atom stereocenters. The van der Waals surface area contributed by atoms with Gasteiger partial charge in [-0.25, -0.2) is 13.8 Å². The molecule has 0 aliphatic carbocycles. The summed E-state index contributed by atoms with van der Waals surface area (Å²) in [5.74, 6) is -0.157. The number of nitrogens with zero attached hydrogens (tertiary/aromatic N) is 2. The van der Waals surface area contributed by atoms with Crippen LogP contribution in [0.15, 0.2) is 59.6 Å². The van der Waals surface area contributed by atoms with Gasteiger partial charge in [0.05, 0.1) is 6.54 Å². The first-order valence-corrected chi connectivity index (χ1v) is 9.60. The van der Waals surface area contributed by atoms with E-state index in [2.05, 4.69) is 50.9 Å². The van der Waals surface area contributed by atoms with Crippen molar-refractivity contribution >= 4 is 35.6 Å². The first kappa shape index (κ1) is 23.1. The third-order valence-corrected chi connectivity index (χ3v) is 4.55. The van der Waals surface area contributed by atoms with Crippen LogP contribution in [0.4, 0.5) is 14.5 Å². The molecule has 0 bridgehead atoms. The summed E-state index contributed by atoms with van der Waals surface area (Å²) in [5, 5.41) is 6.37. The standard InChI is InChI=1S/C22H26F2N4.HI/c1-2-25-22(26-11-10-18-15-19(23)8-9-21(18)24)27-16-17-6-5-7-20(14-17)28-12-3-4-13-28;/h3-9,14-15H,2,10-13,16H2,1H3,(H2,25,26,27);1H. The maximum Gasteiger partial charge on any atom is 0.191 e. The lowest BCUT2D eigenvalue weighted by Gasteiger charge is -2.18. The molecule has 0 atom stereocenters. The third kappa shape index (κ3) is 6.99. The zero-order valence-corrected chi connectivity index (χ0v) is 18.8. The lowest BCUT2D eigenvalue weighted by Crippen LogP contribution is -2.38. The molecule has 0 radical (unpaired) electrons. The molecule has 2 N–H and O–H groups in total. The van der Waals surface area contributed by atoms with Gasteiger partial charge in [-0.1, -0.05) is 24.3 Å². The van der Waals surface area contributed by atoms with Gasteiger partial charge in [0.1, 0.15) is 11.6 Å². The largest absolute Gasteiger partial charge is 0.364 e. The molecule has 2 aromatic carbocycles. The fraction of sp³-hybridized carbons (Fsp3) is 0.318. The van der Waals surface area contributed by atoms with E-state index < -0.39 is 11.6 Å². The van der Waals surface area contributed by atoms with Crippen molar-refractivity contribution in [1.82, 2.24) is 10.6 Å². The van der Waals surface area contributed by atoms with Gasteiger partial charge in [0.15, 0.2) is 5.96 Å². The Bertz CT molecular complexity index is 846. The van der Waals surface area contributed by atoms with E-state index in [0.717, 1.165) is 37.3 Å². The van der Waals surface area contributed by atoms with Crippen LogP contribution in [-0.4, -0.2) is 32.1 Å². The second kappa shape index (κ2) is 11.7. The Kier molecular flexibility index (Phi) is 9.37. The number of halogens is 3. The molecule has 1 aliphatic heterocycles. The molecule has 4 nitrogen and oxygen atoms in total. The van der Waals surface area contributed by atoms with E-state index in [9.17, 15) is 8.78 Å². The summed E-state index contributed by atoms with van der Waals surface area (Å²) in [6.45, 7) is 5.59. The van der Waals surface area contributed by atoms with Crippen LogP contribution in [0, 0.1) is 11.6 Å². The number of rotatable bonds is 7. The van der Waals surface area contributed by atoms with Crippen molar-refractivity contribution in [2.75, 3.05) is 31.1 Å². The van der Waals surface area contributed by atoms with Gasteiger partial charge in [-0.15, -0.1) is 24.0 Å². The highest BCUT2D eigenvalue weighted by Crippen LogP contribution is 2.19. The highest BCUT2D eigenvalue weighted by molar-refractivity contribution is 14.0. The van der Waals surface area contributed by atoms with E-state index in [1.807, 2.05) is 13.0 Å². The molecule has 0 fully saturated rings. The summed E-state index contributed by atoms with van der Waals surface area (Å²) in [5.41, 5.74) is 2.67. The van der Waals surface area contributed by atoms with E-state index in [-0.39, 0.29) is 24.0 Å². The molecule has 0 spiro atoms. The molecular weight excluding hydrogens is 485 g/mol. The number of benzene rings is 2. The Morgan fingerprint density at radius 3 is 2.62 bits per heavy atom. The minimum Gasteiger partial charge on any atom is -0.364 e. The monoisotopic (exact) mass is 512 g/mol. The molecular formula is C22H27F2IN4. The fourth-order valence-electron chi connectivity index (χ4n) is 3.10. The molecule has 29 heavy (non-hydrogen) atoms. The van der Waals surface area contributed by atoms with Crippen LogP contribution in [0.2, 0.25) is 0 Å². The highest BCUT2D eigenvalue weighted by atomic mass is 127. The van der Waals surface area contributed by atoms with Gasteiger partial charge in [0.2, 0.25) is 0 Å². The summed E-state index contributed by atoms with van der Waals surface area (Å²) in [4.78, 5) is 6.91. The van der Waals surface area contributed by atoms with Crippen LogP contribution in [0.3, 0.4) is 0 Å². The molecule has 0 saturated heterocycles. The molecule has 7 heteroatoms. The van der Waals surface area contributed by atoms with E-state index in [1.54, 1.807) is 0 Å². The second-order valence-electron chi connectivity index (χ2n) is 6.65. The van der Waals surface area contributed by atoms with Crippen molar-refractivity contribution in [3.8, 4) is 0 Å². The SMILES string of the molecule is CCNC(=NCc1cccc(N2CC=CC2)c1)NCCc1cc(F)ccc1F.I. The zero-order chi connectivity index (χ0) is 19.8. The smallest absolute Gasteiger partial charge is 0.191 e. The highest BCUT2D eigenvalue weighted by Gasteiger charge is 2.08. The number of aliphatic imine (C=N–C) groups is 1. The quantitative estimate of drug-likeness (QED) is 0.252. The Morgan fingerprint density at radius 2 is 1.86 bits per heavy atom. The number of anilines is 1. The number of hydrogen-bond acceptors (Lipinski definition) is 2. The van der Waals surface area contributed by atoms with Crippen LogP contribution in [-0.2, 0) is 13.0 Å². The van der Waals surface area contributed by atoms with Crippen molar-refractivity contribution in [2.45, 2.75) is 19.9 Å². The third-order valence-electron chi connectivity index (χ3n) is 4.55. The maximum absolute atomic E-state index is 13.7. The molecule has 1 heterocycles. The topological polar surface area (TPSA) is 39.7 Å². The number of guanidine groups is 1. The summed E-state index contributed by atoms with van der Waals surface area (Å²) in [7, 11) is 0. The molecule has 0 saturated carbocycles. The van der Waals surface area contributed by atoms with Crippen molar-refractivity contribution in [3.05, 3.63) is 77.4 Å². The fourth-order valence-corrected chi connectivity index (χ4v) is 3.10. The predicted octanol–water partition coefficient (Wildman–Crippen LogP) is 4.26. The Morgan fingerprint density at radius 1 is 1.07 bits per heavy atom. The molecule has 156 valence electrons. The molecule has 0 aromatic heterocycles. The molecule has 3 rings (SSSR count). The predicted molar refractivity (Wildman–Crippen MR) is 126 cm³/mol. The van der Waals surface area contributed by atoms with Gasteiger partial charge in [-0.05, 0) is 54.8 Å². The normalized spacial score (nSPS) is 13.3. The van der Waals surface area contributed by atoms with Crippen LogP contribution in [0.1, 0.15) is 18.1 Å². The second-order valence-corrected chi connectivity index (χ2v) is 6.65.